The van der Waals surface area contributed by atoms with E-state index in [1.54, 1.807) is 29.2 Å². The molecule has 24 heavy (non-hydrogen) atoms. The third-order valence-corrected chi connectivity index (χ3v) is 4.46. The first-order valence-corrected chi connectivity index (χ1v) is 8.17. The van der Waals surface area contributed by atoms with Crippen molar-refractivity contribution < 1.29 is 14.3 Å². The van der Waals surface area contributed by atoms with Crippen LogP contribution in [-0.2, 0) is 9.59 Å². The standard InChI is InChI=1S/C19H18ClNO3/c1-12-7-8-16(13(2)9-12)21-11-14(10-18(21)22)19(23)24-17-6-4-3-5-15(17)20/h3-9,14H,10-11H2,1-2H3/t14-/m0/s1. The fraction of sp³-hybridized carbons (Fsp3) is 0.263. The SMILES string of the molecule is Cc1ccc(N2C[C@@H](C(=O)Oc3ccccc3Cl)CC2=O)c(C)c1. The van der Waals surface area contributed by atoms with Crippen molar-refractivity contribution in [2.24, 2.45) is 5.92 Å². The minimum Gasteiger partial charge on any atom is -0.425 e. The Morgan fingerprint density at radius 1 is 1.21 bits per heavy atom. The van der Waals surface area contributed by atoms with E-state index < -0.39 is 11.9 Å². The largest absolute Gasteiger partial charge is 0.425 e. The topological polar surface area (TPSA) is 46.6 Å². The van der Waals surface area contributed by atoms with Gasteiger partial charge in [0.2, 0.25) is 5.91 Å². The summed E-state index contributed by atoms with van der Waals surface area (Å²) in [5.74, 6) is -0.664. The average Bonchev–Trinajstić information content (AvgIpc) is 2.91. The zero-order valence-corrected chi connectivity index (χ0v) is 14.3. The number of aryl methyl sites for hydroxylation is 2. The van der Waals surface area contributed by atoms with Crippen LogP contribution in [0.4, 0.5) is 5.69 Å². The molecule has 124 valence electrons. The van der Waals surface area contributed by atoms with Crippen molar-refractivity contribution in [3.63, 3.8) is 0 Å². The number of anilines is 1. The highest BCUT2D eigenvalue weighted by Gasteiger charge is 2.37. The van der Waals surface area contributed by atoms with Crippen LogP contribution in [0.2, 0.25) is 5.02 Å². The molecular weight excluding hydrogens is 326 g/mol. The molecule has 1 amide bonds. The number of amides is 1. The van der Waals surface area contributed by atoms with Crippen molar-refractivity contribution in [2.45, 2.75) is 20.3 Å². The van der Waals surface area contributed by atoms with Crippen LogP contribution in [0.1, 0.15) is 17.5 Å². The van der Waals surface area contributed by atoms with Gasteiger partial charge in [0.15, 0.2) is 0 Å². The number of ether oxygens (including phenoxy) is 1. The minimum atomic E-state index is -0.491. The zero-order chi connectivity index (χ0) is 17.3. The lowest BCUT2D eigenvalue weighted by Crippen LogP contribution is -2.27. The number of carbonyl (C=O) groups excluding carboxylic acids is 2. The van der Waals surface area contributed by atoms with Crippen LogP contribution in [0.5, 0.6) is 5.75 Å². The second-order valence-corrected chi connectivity index (χ2v) is 6.45. The molecule has 0 saturated carbocycles. The molecule has 0 bridgehead atoms. The van der Waals surface area contributed by atoms with Gasteiger partial charge >= 0.3 is 5.97 Å². The Hall–Kier alpha value is -2.33. The highest BCUT2D eigenvalue weighted by molar-refractivity contribution is 6.32. The second-order valence-electron chi connectivity index (χ2n) is 6.05. The quantitative estimate of drug-likeness (QED) is 0.627. The number of halogens is 1. The summed E-state index contributed by atoms with van der Waals surface area (Å²) in [5, 5.41) is 0.376. The molecule has 5 heteroatoms. The molecule has 0 N–H and O–H groups in total. The molecular formula is C19H18ClNO3. The van der Waals surface area contributed by atoms with Crippen molar-refractivity contribution in [2.75, 3.05) is 11.4 Å². The van der Waals surface area contributed by atoms with Gasteiger partial charge in [-0.05, 0) is 37.6 Å². The molecule has 3 rings (SSSR count). The molecule has 0 spiro atoms. The Balaban J connectivity index is 1.74. The minimum absolute atomic E-state index is 0.0666. The number of benzene rings is 2. The molecule has 1 aliphatic rings. The first kappa shape index (κ1) is 16.5. The lowest BCUT2D eigenvalue weighted by Gasteiger charge is -2.19. The number of esters is 1. The molecule has 1 heterocycles. The molecule has 2 aromatic carbocycles. The summed E-state index contributed by atoms with van der Waals surface area (Å²) in [6.45, 7) is 4.30. The Kier molecular flexibility index (Phi) is 4.58. The summed E-state index contributed by atoms with van der Waals surface area (Å²) < 4.78 is 5.36. The van der Waals surface area contributed by atoms with Crippen molar-refractivity contribution in [1.29, 1.82) is 0 Å². The van der Waals surface area contributed by atoms with Crippen LogP contribution in [0.15, 0.2) is 42.5 Å². The normalized spacial score (nSPS) is 17.2. The summed E-state index contributed by atoms with van der Waals surface area (Å²) in [6, 6.07) is 12.7. The molecule has 0 aromatic heterocycles. The number of para-hydroxylation sites is 1. The van der Waals surface area contributed by atoms with Gasteiger partial charge in [-0.25, -0.2) is 0 Å². The third-order valence-electron chi connectivity index (χ3n) is 4.15. The molecule has 2 aromatic rings. The van der Waals surface area contributed by atoms with E-state index in [1.165, 1.54) is 0 Å². The summed E-state index contributed by atoms with van der Waals surface area (Å²) in [4.78, 5) is 26.4. The fourth-order valence-corrected chi connectivity index (χ4v) is 3.10. The fourth-order valence-electron chi connectivity index (χ4n) is 2.93. The van der Waals surface area contributed by atoms with Gasteiger partial charge in [0.05, 0.1) is 10.9 Å². The Labute approximate surface area is 146 Å². The van der Waals surface area contributed by atoms with E-state index in [-0.39, 0.29) is 12.3 Å². The molecule has 0 unspecified atom stereocenters. The maximum Gasteiger partial charge on any atom is 0.316 e. The van der Waals surface area contributed by atoms with Crippen LogP contribution in [0.3, 0.4) is 0 Å². The number of hydrogen-bond acceptors (Lipinski definition) is 3. The van der Waals surface area contributed by atoms with Gasteiger partial charge in [0.25, 0.3) is 0 Å². The van der Waals surface area contributed by atoms with E-state index in [2.05, 4.69) is 0 Å². The van der Waals surface area contributed by atoms with E-state index >= 15 is 0 Å². The Bertz CT molecular complexity index is 803. The van der Waals surface area contributed by atoms with E-state index in [4.69, 9.17) is 16.3 Å². The summed E-state index contributed by atoms with van der Waals surface area (Å²) in [6.07, 6.45) is 0.149. The average molecular weight is 344 g/mol. The first-order valence-electron chi connectivity index (χ1n) is 7.79. The van der Waals surface area contributed by atoms with Gasteiger partial charge in [-0.2, -0.15) is 0 Å². The maximum absolute atomic E-state index is 12.4. The molecule has 1 atom stereocenters. The first-order chi connectivity index (χ1) is 11.5. The van der Waals surface area contributed by atoms with Gasteiger partial charge in [-0.3, -0.25) is 9.59 Å². The highest BCUT2D eigenvalue weighted by Crippen LogP contribution is 2.30. The van der Waals surface area contributed by atoms with E-state index in [0.29, 0.717) is 17.3 Å². The van der Waals surface area contributed by atoms with Crippen LogP contribution in [-0.4, -0.2) is 18.4 Å². The monoisotopic (exact) mass is 343 g/mol. The number of nitrogens with zero attached hydrogens (tertiary/aromatic N) is 1. The van der Waals surface area contributed by atoms with E-state index in [1.807, 2.05) is 32.0 Å². The third kappa shape index (κ3) is 3.29. The van der Waals surface area contributed by atoms with Gasteiger partial charge in [-0.1, -0.05) is 41.4 Å². The van der Waals surface area contributed by atoms with Crippen molar-refractivity contribution >= 4 is 29.2 Å². The predicted molar refractivity (Wildman–Crippen MR) is 93.5 cm³/mol. The maximum atomic E-state index is 12.4. The molecule has 1 saturated heterocycles. The van der Waals surface area contributed by atoms with Crippen molar-refractivity contribution in [1.82, 2.24) is 0 Å². The predicted octanol–water partition coefficient (Wildman–Crippen LogP) is 3.92. The molecule has 0 radical (unpaired) electrons. The van der Waals surface area contributed by atoms with Crippen molar-refractivity contribution in [3.05, 3.63) is 58.6 Å². The number of carbonyl (C=O) groups is 2. The molecule has 4 nitrogen and oxygen atoms in total. The lowest BCUT2D eigenvalue weighted by atomic mass is 10.1. The van der Waals surface area contributed by atoms with Crippen LogP contribution >= 0.6 is 11.6 Å². The van der Waals surface area contributed by atoms with E-state index in [9.17, 15) is 9.59 Å². The lowest BCUT2D eigenvalue weighted by molar-refractivity contribution is -0.139. The van der Waals surface area contributed by atoms with Crippen molar-refractivity contribution in [3.8, 4) is 5.75 Å². The Morgan fingerprint density at radius 3 is 2.67 bits per heavy atom. The Morgan fingerprint density at radius 2 is 1.96 bits per heavy atom. The second kappa shape index (κ2) is 6.65. The van der Waals surface area contributed by atoms with E-state index in [0.717, 1.165) is 16.8 Å². The van der Waals surface area contributed by atoms with Gasteiger partial charge in [0.1, 0.15) is 5.75 Å². The van der Waals surface area contributed by atoms with Crippen LogP contribution < -0.4 is 9.64 Å². The van der Waals surface area contributed by atoms with Gasteiger partial charge in [-0.15, -0.1) is 0 Å². The molecule has 0 aliphatic carbocycles. The van der Waals surface area contributed by atoms with Gasteiger partial charge in [0, 0.05) is 18.7 Å². The highest BCUT2D eigenvalue weighted by atomic mass is 35.5. The van der Waals surface area contributed by atoms with Crippen LogP contribution in [0.25, 0.3) is 0 Å². The number of hydrogen-bond donors (Lipinski definition) is 0. The van der Waals surface area contributed by atoms with Gasteiger partial charge < -0.3 is 9.64 Å². The summed E-state index contributed by atoms with van der Waals surface area (Å²) in [7, 11) is 0. The molecule has 1 aliphatic heterocycles. The smallest absolute Gasteiger partial charge is 0.316 e. The summed E-state index contributed by atoms with van der Waals surface area (Å²) >= 11 is 6.01. The zero-order valence-electron chi connectivity index (χ0n) is 13.6. The molecule has 1 fully saturated rings. The number of rotatable bonds is 3. The summed E-state index contributed by atoms with van der Waals surface area (Å²) in [5.41, 5.74) is 3.00. The van der Waals surface area contributed by atoms with Crippen LogP contribution in [0, 0.1) is 19.8 Å².